The highest BCUT2D eigenvalue weighted by Crippen LogP contribution is 2.29. The van der Waals surface area contributed by atoms with E-state index in [-0.39, 0.29) is 5.76 Å². The van der Waals surface area contributed by atoms with Crippen molar-refractivity contribution in [1.82, 2.24) is 0 Å². The summed E-state index contributed by atoms with van der Waals surface area (Å²) in [6.45, 7) is 9.16. The molecule has 0 bridgehead atoms. The molecule has 0 amide bonds. The molecule has 27 heavy (non-hydrogen) atoms. The Bertz CT molecular complexity index is 1050. The molecular formula is C22H21F3O2. The molecule has 0 unspecified atom stereocenters. The lowest BCUT2D eigenvalue weighted by Gasteiger charge is -2.07. The number of alkyl halides is 3. The SMILES string of the molecule is C/C=C(/C)c1ccc(C(F)(F)F)cc1.C=c1/c(=C(\C)O)oc2ccccc12. The van der Waals surface area contributed by atoms with Crippen LogP contribution in [0.5, 0.6) is 0 Å². The first-order valence-electron chi connectivity index (χ1n) is 8.32. The van der Waals surface area contributed by atoms with E-state index in [0.717, 1.165) is 39.5 Å². The van der Waals surface area contributed by atoms with Gasteiger partial charge in [0.05, 0.1) is 5.56 Å². The highest BCUT2D eigenvalue weighted by Gasteiger charge is 2.29. The molecular weight excluding hydrogens is 353 g/mol. The van der Waals surface area contributed by atoms with E-state index in [4.69, 9.17) is 4.42 Å². The van der Waals surface area contributed by atoms with E-state index in [9.17, 15) is 18.3 Å². The van der Waals surface area contributed by atoms with Crippen LogP contribution in [0.3, 0.4) is 0 Å². The Kier molecular flexibility index (Phi) is 6.16. The van der Waals surface area contributed by atoms with Gasteiger partial charge in [-0.15, -0.1) is 0 Å². The molecule has 0 fully saturated rings. The average Bonchev–Trinajstić information content (AvgIpc) is 2.98. The summed E-state index contributed by atoms with van der Waals surface area (Å²) in [5.41, 5.74) is 2.42. The van der Waals surface area contributed by atoms with Crippen LogP contribution in [0, 0.1) is 0 Å². The van der Waals surface area contributed by atoms with Crippen LogP contribution in [0.4, 0.5) is 13.2 Å². The third-order valence-electron chi connectivity index (χ3n) is 4.13. The Morgan fingerprint density at radius 2 is 1.63 bits per heavy atom. The quantitative estimate of drug-likeness (QED) is 0.596. The number of para-hydroxylation sites is 1. The van der Waals surface area contributed by atoms with E-state index in [1.165, 1.54) is 12.1 Å². The van der Waals surface area contributed by atoms with Crippen molar-refractivity contribution < 1.29 is 22.7 Å². The van der Waals surface area contributed by atoms with Crippen molar-refractivity contribution in [3.05, 3.63) is 76.4 Å². The predicted molar refractivity (Wildman–Crippen MR) is 103 cm³/mol. The maximum absolute atomic E-state index is 12.2. The first kappa shape index (κ1) is 20.4. The molecule has 142 valence electrons. The summed E-state index contributed by atoms with van der Waals surface area (Å²) in [6.07, 6.45) is -2.38. The molecule has 0 aliphatic carbocycles. The van der Waals surface area contributed by atoms with Crippen molar-refractivity contribution >= 4 is 28.9 Å². The Balaban J connectivity index is 0.000000194. The van der Waals surface area contributed by atoms with Crippen LogP contribution >= 0.6 is 0 Å². The number of benzene rings is 2. The Morgan fingerprint density at radius 1 is 1.04 bits per heavy atom. The molecule has 0 aliphatic heterocycles. The molecule has 0 atom stereocenters. The summed E-state index contributed by atoms with van der Waals surface area (Å²) in [5.74, 6) is 0.168. The minimum atomic E-state index is -4.25. The lowest BCUT2D eigenvalue weighted by Crippen LogP contribution is -2.20. The van der Waals surface area contributed by atoms with E-state index in [2.05, 4.69) is 6.58 Å². The highest BCUT2D eigenvalue weighted by atomic mass is 19.4. The molecule has 1 aromatic heterocycles. The molecule has 3 rings (SSSR count). The van der Waals surface area contributed by atoms with Crippen molar-refractivity contribution in [3.8, 4) is 0 Å². The number of allylic oxidation sites excluding steroid dienone is 2. The van der Waals surface area contributed by atoms with Gasteiger partial charge in [-0.25, -0.2) is 0 Å². The van der Waals surface area contributed by atoms with Crippen molar-refractivity contribution in [3.63, 3.8) is 0 Å². The summed E-state index contributed by atoms with van der Waals surface area (Å²) in [5, 5.41) is 11.0. The summed E-state index contributed by atoms with van der Waals surface area (Å²) in [7, 11) is 0. The lowest BCUT2D eigenvalue weighted by molar-refractivity contribution is -0.137. The number of aliphatic hydroxyl groups is 1. The van der Waals surface area contributed by atoms with Crippen LogP contribution in [0.2, 0.25) is 0 Å². The molecule has 5 heteroatoms. The van der Waals surface area contributed by atoms with Gasteiger partial charge < -0.3 is 9.52 Å². The standard InChI is InChI=1S/C11H11F3.C11H10O2/c1-3-8(2)9-4-6-10(7-5-9)11(12,13)14;1-7-9-5-3-4-6-10(9)13-11(7)8(2)12/h3-7H,1-2H3;3-6,12H,1H2,2H3/b8-3-;11-8-. The van der Waals surface area contributed by atoms with Crippen LogP contribution in [0.1, 0.15) is 31.9 Å². The van der Waals surface area contributed by atoms with Crippen molar-refractivity contribution in [2.24, 2.45) is 0 Å². The Labute approximate surface area is 155 Å². The summed E-state index contributed by atoms with van der Waals surface area (Å²) < 4.78 is 42.0. The minimum absolute atomic E-state index is 0.168. The third kappa shape index (κ3) is 4.82. The fraction of sp³-hybridized carbons (Fsp3) is 0.182. The first-order valence-corrected chi connectivity index (χ1v) is 8.32. The zero-order chi connectivity index (χ0) is 20.2. The second kappa shape index (κ2) is 8.16. The van der Waals surface area contributed by atoms with Gasteiger partial charge in [0.2, 0.25) is 0 Å². The van der Waals surface area contributed by atoms with Crippen LogP contribution in [-0.2, 0) is 6.18 Å². The lowest BCUT2D eigenvalue weighted by atomic mass is 10.1. The molecule has 0 saturated heterocycles. The van der Waals surface area contributed by atoms with E-state index in [1.54, 1.807) is 6.92 Å². The highest BCUT2D eigenvalue weighted by molar-refractivity contribution is 5.78. The van der Waals surface area contributed by atoms with Crippen molar-refractivity contribution in [1.29, 1.82) is 0 Å². The largest absolute Gasteiger partial charge is 0.509 e. The Morgan fingerprint density at radius 3 is 2.11 bits per heavy atom. The third-order valence-corrected chi connectivity index (χ3v) is 4.13. The minimum Gasteiger partial charge on any atom is -0.509 e. The van der Waals surface area contributed by atoms with E-state index >= 15 is 0 Å². The normalized spacial score (nSPS) is 13.2. The maximum Gasteiger partial charge on any atom is 0.416 e. The number of aliphatic hydroxyl groups excluding tert-OH is 1. The molecule has 1 heterocycles. The predicted octanol–water partition coefficient (Wildman–Crippen LogP) is 5.66. The summed E-state index contributed by atoms with van der Waals surface area (Å²) >= 11 is 0. The zero-order valence-corrected chi connectivity index (χ0v) is 15.4. The number of hydrogen-bond acceptors (Lipinski definition) is 2. The maximum atomic E-state index is 12.2. The van der Waals surface area contributed by atoms with E-state index in [1.807, 2.05) is 44.2 Å². The van der Waals surface area contributed by atoms with Gasteiger partial charge in [0.15, 0.2) is 5.42 Å². The summed E-state index contributed by atoms with van der Waals surface area (Å²) in [4.78, 5) is 0. The van der Waals surface area contributed by atoms with Gasteiger partial charge >= 0.3 is 6.18 Å². The number of furan rings is 1. The molecule has 2 aromatic carbocycles. The van der Waals surface area contributed by atoms with Crippen LogP contribution in [0.15, 0.2) is 59.0 Å². The van der Waals surface area contributed by atoms with Crippen molar-refractivity contribution in [2.45, 2.75) is 26.9 Å². The molecule has 0 spiro atoms. The van der Waals surface area contributed by atoms with Crippen LogP contribution in [0.25, 0.3) is 28.9 Å². The molecule has 3 aromatic rings. The average molecular weight is 374 g/mol. The second-order valence-electron chi connectivity index (χ2n) is 6.04. The van der Waals surface area contributed by atoms with Gasteiger partial charge in [0, 0.05) is 10.6 Å². The van der Waals surface area contributed by atoms with Crippen LogP contribution < -0.4 is 10.6 Å². The van der Waals surface area contributed by atoms with Crippen molar-refractivity contribution in [2.75, 3.05) is 0 Å². The molecule has 0 aliphatic rings. The molecule has 0 saturated carbocycles. The van der Waals surface area contributed by atoms with Gasteiger partial charge in [-0.05, 0) is 50.1 Å². The number of rotatable bonds is 1. The smallest absolute Gasteiger partial charge is 0.416 e. The fourth-order valence-corrected chi connectivity index (χ4v) is 2.48. The summed E-state index contributed by atoms with van der Waals surface area (Å²) in [6, 6.07) is 12.8. The second-order valence-corrected chi connectivity index (χ2v) is 6.04. The van der Waals surface area contributed by atoms with E-state index in [0.29, 0.717) is 5.42 Å². The van der Waals surface area contributed by atoms with Gasteiger partial charge in [-0.2, -0.15) is 13.2 Å². The zero-order valence-electron chi connectivity index (χ0n) is 15.4. The van der Waals surface area contributed by atoms with Gasteiger partial charge in [0.25, 0.3) is 0 Å². The molecule has 0 radical (unpaired) electrons. The van der Waals surface area contributed by atoms with E-state index < -0.39 is 11.7 Å². The number of fused-ring (bicyclic) bond motifs is 1. The van der Waals surface area contributed by atoms with Gasteiger partial charge in [-0.1, -0.05) is 43.0 Å². The molecule has 2 nitrogen and oxygen atoms in total. The van der Waals surface area contributed by atoms with Gasteiger partial charge in [0.1, 0.15) is 11.3 Å². The fourth-order valence-electron chi connectivity index (χ4n) is 2.48. The number of halogens is 3. The molecule has 1 N–H and O–H groups in total. The first-order chi connectivity index (χ1) is 12.6. The van der Waals surface area contributed by atoms with Crippen LogP contribution in [-0.4, -0.2) is 5.11 Å². The Hall–Kier alpha value is -2.95. The topological polar surface area (TPSA) is 33.4 Å². The number of hydrogen-bond donors (Lipinski definition) is 1. The van der Waals surface area contributed by atoms with Gasteiger partial charge in [-0.3, -0.25) is 0 Å². The monoisotopic (exact) mass is 374 g/mol.